The van der Waals surface area contributed by atoms with Crippen molar-refractivity contribution in [2.75, 3.05) is 0 Å². The van der Waals surface area contributed by atoms with Gasteiger partial charge in [-0.2, -0.15) is 0 Å². The molecule has 0 aliphatic heterocycles. The summed E-state index contributed by atoms with van der Waals surface area (Å²) in [7, 11) is 1.83. The standard InChI is InChI=1S/C7H15N5S/c1-5(8)4-6(2)13-7-9-10-11-12(7)3/h5-6H,4,8H2,1-3H3. The van der Waals surface area contributed by atoms with Gasteiger partial charge in [0.1, 0.15) is 0 Å². The van der Waals surface area contributed by atoms with Crippen LogP contribution in [0.5, 0.6) is 0 Å². The molecular weight excluding hydrogens is 186 g/mol. The highest BCUT2D eigenvalue weighted by Crippen LogP contribution is 2.22. The SMILES string of the molecule is CC(N)CC(C)Sc1nnnn1C. The van der Waals surface area contributed by atoms with Crippen molar-refractivity contribution >= 4 is 11.8 Å². The number of nitrogens with two attached hydrogens (primary N) is 1. The summed E-state index contributed by atoms with van der Waals surface area (Å²) in [6.07, 6.45) is 0.970. The lowest BCUT2D eigenvalue weighted by Crippen LogP contribution is -2.19. The molecule has 1 heterocycles. The Bertz CT molecular complexity index is 259. The molecule has 74 valence electrons. The van der Waals surface area contributed by atoms with Gasteiger partial charge in [-0.15, -0.1) is 5.10 Å². The van der Waals surface area contributed by atoms with Gasteiger partial charge in [0.25, 0.3) is 0 Å². The molecule has 0 saturated heterocycles. The Labute approximate surface area is 82.1 Å². The first kappa shape index (κ1) is 10.5. The van der Waals surface area contributed by atoms with Gasteiger partial charge in [-0.05, 0) is 23.8 Å². The van der Waals surface area contributed by atoms with Crippen LogP contribution in [0.1, 0.15) is 20.3 Å². The molecule has 0 spiro atoms. The lowest BCUT2D eigenvalue weighted by molar-refractivity contribution is 0.646. The third kappa shape index (κ3) is 3.31. The molecule has 13 heavy (non-hydrogen) atoms. The van der Waals surface area contributed by atoms with Gasteiger partial charge in [0, 0.05) is 18.3 Å². The van der Waals surface area contributed by atoms with Crippen molar-refractivity contribution in [3.05, 3.63) is 0 Å². The molecule has 0 amide bonds. The topological polar surface area (TPSA) is 69.6 Å². The Morgan fingerprint density at radius 3 is 2.69 bits per heavy atom. The molecule has 0 radical (unpaired) electrons. The van der Waals surface area contributed by atoms with E-state index in [0.717, 1.165) is 11.6 Å². The molecule has 0 aliphatic rings. The third-order valence-electron chi connectivity index (χ3n) is 1.59. The normalized spacial score (nSPS) is 15.7. The van der Waals surface area contributed by atoms with Gasteiger partial charge in [0.15, 0.2) is 0 Å². The van der Waals surface area contributed by atoms with Gasteiger partial charge >= 0.3 is 0 Å². The molecule has 0 fully saturated rings. The van der Waals surface area contributed by atoms with Gasteiger partial charge in [-0.3, -0.25) is 0 Å². The molecule has 1 rings (SSSR count). The van der Waals surface area contributed by atoms with E-state index >= 15 is 0 Å². The molecule has 0 aliphatic carbocycles. The van der Waals surface area contributed by atoms with Crippen molar-refractivity contribution in [3.8, 4) is 0 Å². The van der Waals surface area contributed by atoms with Crippen molar-refractivity contribution < 1.29 is 0 Å². The van der Waals surface area contributed by atoms with Crippen LogP contribution in [0.15, 0.2) is 5.16 Å². The molecule has 0 aromatic carbocycles. The number of rotatable bonds is 4. The molecule has 0 bridgehead atoms. The Kier molecular flexibility index (Phi) is 3.68. The molecular formula is C7H15N5S. The molecule has 1 aromatic heterocycles. The van der Waals surface area contributed by atoms with Crippen molar-refractivity contribution in [1.29, 1.82) is 0 Å². The Morgan fingerprint density at radius 1 is 1.54 bits per heavy atom. The minimum absolute atomic E-state index is 0.226. The fourth-order valence-electron chi connectivity index (χ4n) is 1.07. The number of aromatic nitrogens is 4. The third-order valence-corrected chi connectivity index (χ3v) is 2.74. The van der Waals surface area contributed by atoms with Crippen LogP contribution in [0.4, 0.5) is 0 Å². The first-order valence-electron chi connectivity index (χ1n) is 4.24. The van der Waals surface area contributed by atoms with Crippen molar-refractivity contribution in [2.24, 2.45) is 12.8 Å². The summed E-state index contributed by atoms with van der Waals surface area (Å²) in [6.45, 7) is 4.13. The van der Waals surface area contributed by atoms with E-state index in [1.165, 1.54) is 0 Å². The average Bonchev–Trinajstić information content (AvgIpc) is 2.34. The number of tetrazole rings is 1. The van der Waals surface area contributed by atoms with Crippen LogP contribution in [0.25, 0.3) is 0 Å². The Morgan fingerprint density at radius 2 is 2.23 bits per heavy atom. The number of aryl methyl sites for hydroxylation is 1. The Balaban J connectivity index is 2.45. The van der Waals surface area contributed by atoms with E-state index in [2.05, 4.69) is 22.4 Å². The molecule has 0 saturated carbocycles. The van der Waals surface area contributed by atoms with Gasteiger partial charge in [0.2, 0.25) is 5.16 Å². The predicted octanol–water partition coefficient (Wildman–Crippen LogP) is 0.428. The second-order valence-corrected chi connectivity index (χ2v) is 4.63. The Hall–Kier alpha value is -0.620. The molecule has 2 atom stereocenters. The molecule has 5 nitrogen and oxygen atoms in total. The van der Waals surface area contributed by atoms with Crippen LogP contribution in [-0.4, -0.2) is 31.5 Å². The van der Waals surface area contributed by atoms with Crippen LogP contribution in [0.3, 0.4) is 0 Å². The van der Waals surface area contributed by atoms with E-state index in [-0.39, 0.29) is 6.04 Å². The summed E-state index contributed by atoms with van der Waals surface area (Å²) < 4.78 is 1.67. The highest BCUT2D eigenvalue weighted by Gasteiger charge is 2.10. The molecule has 2 unspecified atom stereocenters. The van der Waals surface area contributed by atoms with E-state index in [1.54, 1.807) is 16.4 Å². The van der Waals surface area contributed by atoms with E-state index in [9.17, 15) is 0 Å². The van der Waals surface area contributed by atoms with Gasteiger partial charge in [-0.1, -0.05) is 18.7 Å². The van der Waals surface area contributed by atoms with E-state index in [1.807, 2.05) is 14.0 Å². The number of nitrogens with zero attached hydrogens (tertiary/aromatic N) is 4. The maximum atomic E-state index is 5.69. The minimum atomic E-state index is 0.226. The predicted molar refractivity (Wildman–Crippen MR) is 52.4 cm³/mol. The highest BCUT2D eigenvalue weighted by atomic mass is 32.2. The highest BCUT2D eigenvalue weighted by molar-refractivity contribution is 7.99. The number of thioether (sulfide) groups is 1. The largest absolute Gasteiger partial charge is 0.328 e. The zero-order valence-corrected chi connectivity index (χ0v) is 8.95. The van der Waals surface area contributed by atoms with Crippen molar-refractivity contribution in [2.45, 2.75) is 36.7 Å². The van der Waals surface area contributed by atoms with E-state index < -0.39 is 0 Å². The van der Waals surface area contributed by atoms with Gasteiger partial charge in [-0.25, -0.2) is 4.68 Å². The van der Waals surface area contributed by atoms with Crippen molar-refractivity contribution in [1.82, 2.24) is 20.2 Å². The number of hydrogen-bond acceptors (Lipinski definition) is 5. The summed E-state index contributed by atoms with van der Waals surface area (Å²) in [6, 6.07) is 0.226. The fraction of sp³-hybridized carbons (Fsp3) is 0.857. The van der Waals surface area contributed by atoms with Gasteiger partial charge < -0.3 is 5.73 Å². The van der Waals surface area contributed by atoms with Crippen LogP contribution < -0.4 is 5.73 Å². The summed E-state index contributed by atoms with van der Waals surface area (Å²) in [5.41, 5.74) is 5.69. The van der Waals surface area contributed by atoms with E-state index in [4.69, 9.17) is 5.73 Å². The lowest BCUT2D eigenvalue weighted by atomic mass is 10.2. The quantitative estimate of drug-likeness (QED) is 0.715. The maximum absolute atomic E-state index is 5.69. The molecule has 2 N–H and O–H groups in total. The lowest BCUT2D eigenvalue weighted by Gasteiger charge is -2.11. The average molecular weight is 201 g/mol. The monoisotopic (exact) mass is 201 g/mol. The fourth-order valence-corrected chi connectivity index (χ4v) is 2.11. The van der Waals surface area contributed by atoms with Crippen molar-refractivity contribution in [3.63, 3.8) is 0 Å². The summed E-state index contributed by atoms with van der Waals surface area (Å²) in [4.78, 5) is 0. The summed E-state index contributed by atoms with van der Waals surface area (Å²) in [5, 5.41) is 12.5. The maximum Gasteiger partial charge on any atom is 0.209 e. The van der Waals surface area contributed by atoms with Gasteiger partial charge in [0.05, 0.1) is 0 Å². The first-order chi connectivity index (χ1) is 6.09. The van der Waals surface area contributed by atoms with E-state index in [0.29, 0.717) is 5.25 Å². The second kappa shape index (κ2) is 4.57. The minimum Gasteiger partial charge on any atom is -0.328 e. The smallest absolute Gasteiger partial charge is 0.209 e. The zero-order valence-electron chi connectivity index (χ0n) is 8.14. The van der Waals surface area contributed by atoms with Crippen LogP contribution in [0, 0.1) is 0 Å². The number of hydrogen-bond donors (Lipinski definition) is 1. The van der Waals surface area contributed by atoms with Crippen LogP contribution in [0.2, 0.25) is 0 Å². The zero-order chi connectivity index (χ0) is 9.84. The van der Waals surface area contributed by atoms with Crippen LogP contribution >= 0.6 is 11.8 Å². The first-order valence-corrected chi connectivity index (χ1v) is 5.12. The molecule has 1 aromatic rings. The second-order valence-electron chi connectivity index (χ2n) is 3.23. The molecule has 6 heteroatoms. The van der Waals surface area contributed by atoms with Crippen LogP contribution in [-0.2, 0) is 7.05 Å². The summed E-state index contributed by atoms with van der Waals surface area (Å²) in [5.74, 6) is 0. The summed E-state index contributed by atoms with van der Waals surface area (Å²) >= 11 is 1.65.